The molecule has 2 aliphatic rings. The van der Waals surface area contributed by atoms with Gasteiger partial charge in [0.15, 0.2) is 0 Å². The maximum Gasteiger partial charge on any atom is 0.232 e. The third-order valence-electron chi connectivity index (χ3n) is 3.64. The van der Waals surface area contributed by atoms with Crippen LogP contribution >= 0.6 is 0 Å². The van der Waals surface area contributed by atoms with Crippen LogP contribution in [0, 0.1) is 5.92 Å². The first-order valence-electron chi connectivity index (χ1n) is 6.09. The van der Waals surface area contributed by atoms with Gasteiger partial charge in [-0.3, -0.25) is 4.79 Å². The zero-order chi connectivity index (χ0) is 11.8. The van der Waals surface area contributed by atoms with E-state index in [2.05, 4.69) is 23.3 Å². The summed E-state index contributed by atoms with van der Waals surface area (Å²) < 4.78 is 0. The average Bonchev–Trinajstić information content (AvgIpc) is 2.27. The van der Waals surface area contributed by atoms with Gasteiger partial charge in [-0.05, 0) is 12.1 Å². The van der Waals surface area contributed by atoms with Crippen molar-refractivity contribution in [3.63, 3.8) is 0 Å². The Balaban J connectivity index is 1.92. The topological polar surface area (TPSA) is 35.6 Å². The van der Waals surface area contributed by atoms with Crippen molar-refractivity contribution in [1.82, 2.24) is 5.32 Å². The van der Waals surface area contributed by atoms with Gasteiger partial charge in [0, 0.05) is 33.2 Å². The molecule has 0 radical (unpaired) electrons. The van der Waals surface area contributed by atoms with Crippen LogP contribution in [0.3, 0.4) is 0 Å². The lowest BCUT2D eigenvalue weighted by molar-refractivity contribution is -0.123. The summed E-state index contributed by atoms with van der Waals surface area (Å²) in [7, 11) is 2.07. The van der Waals surface area contributed by atoms with Crippen molar-refractivity contribution < 1.29 is 4.79 Å². The molecule has 0 bridgehead atoms. The summed E-state index contributed by atoms with van der Waals surface area (Å²) in [5.74, 6) is 0.441. The number of rotatable bonds is 1. The lowest BCUT2D eigenvalue weighted by atomic mass is 10.0. The van der Waals surface area contributed by atoms with Crippen LogP contribution in [0.5, 0.6) is 0 Å². The summed E-state index contributed by atoms with van der Waals surface area (Å²) >= 11 is 0. The molecule has 17 heavy (non-hydrogen) atoms. The molecule has 1 amide bonds. The standard InChI is InChI=1S/C13H17N3O/c1-15-6-7-16(13(17)10-8-14-9-10)12-5-3-2-4-11(12)15/h2-5,10,14H,6-9H2,1H3. The number of carbonyl (C=O) groups excluding carboxylic acids is 1. The first kappa shape index (κ1) is 10.6. The maximum absolute atomic E-state index is 12.3. The van der Waals surface area contributed by atoms with Crippen molar-refractivity contribution in [1.29, 1.82) is 0 Å². The number of nitrogens with zero attached hydrogens (tertiary/aromatic N) is 2. The second-order valence-corrected chi connectivity index (χ2v) is 4.76. The van der Waals surface area contributed by atoms with E-state index in [1.165, 1.54) is 0 Å². The number of fused-ring (bicyclic) bond motifs is 1. The van der Waals surface area contributed by atoms with E-state index in [-0.39, 0.29) is 11.8 Å². The molecule has 1 aromatic rings. The lowest BCUT2D eigenvalue weighted by Gasteiger charge is -2.39. The van der Waals surface area contributed by atoms with Crippen LogP contribution in [-0.2, 0) is 4.79 Å². The fraction of sp³-hybridized carbons (Fsp3) is 0.462. The number of hydrogen-bond acceptors (Lipinski definition) is 3. The van der Waals surface area contributed by atoms with Gasteiger partial charge in [0.05, 0.1) is 17.3 Å². The van der Waals surface area contributed by atoms with Gasteiger partial charge in [0.25, 0.3) is 0 Å². The molecule has 1 N–H and O–H groups in total. The number of nitrogens with one attached hydrogen (secondary N) is 1. The Morgan fingerprint density at radius 1 is 1.24 bits per heavy atom. The van der Waals surface area contributed by atoms with Crippen LogP contribution < -0.4 is 15.1 Å². The van der Waals surface area contributed by atoms with E-state index in [1.807, 2.05) is 23.1 Å². The summed E-state index contributed by atoms with van der Waals surface area (Å²) in [5.41, 5.74) is 2.21. The molecule has 0 spiro atoms. The van der Waals surface area contributed by atoms with Crippen LogP contribution in [0.4, 0.5) is 11.4 Å². The SMILES string of the molecule is CN1CCN(C(=O)C2CNC2)c2ccccc21. The molecule has 0 unspecified atom stereocenters. The first-order chi connectivity index (χ1) is 8.27. The summed E-state index contributed by atoms with van der Waals surface area (Å²) in [4.78, 5) is 16.5. The van der Waals surface area contributed by atoms with E-state index in [9.17, 15) is 4.79 Å². The molecular formula is C13H17N3O. The highest BCUT2D eigenvalue weighted by Gasteiger charge is 2.32. The van der Waals surface area contributed by atoms with E-state index in [0.29, 0.717) is 0 Å². The van der Waals surface area contributed by atoms with Crippen molar-refractivity contribution in [2.45, 2.75) is 0 Å². The maximum atomic E-state index is 12.3. The summed E-state index contributed by atoms with van der Waals surface area (Å²) in [6.07, 6.45) is 0. The Morgan fingerprint density at radius 3 is 2.59 bits per heavy atom. The van der Waals surface area contributed by atoms with Crippen LogP contribution in [-0.4, -0.2) is 39.1 Å². The number of likely N-dealkylation sites (N-methyl/N-ethyl adjacent to an activating group) is 1. The Hall–Kier alpha value is -1.55. The molecule has 4 nitrogen and oxygen atoms in total. The summed E-state index contributed by atoms with van der Waals surface area (Å²) in [6.45, 7) is 3.35. The van der Waals surface area contributed by atoms with Gasteiger partial charge < -0.3 is 15.1 Å². The van der Waals surface area contributed by atoms with Gasteiger partial charge in [-0.25, -0.2) is 0 Å². The minimum absolute atomic E-state index is 0.173. The van der Waals surface area contributed by atoms with Crippen molar-refractivity contribution in [3.05, 3.63) is 24.3 Å². The van der Waals surface area contributed by atoms with Gasteiger partial charge in [-0.2, -0.15) is 0 Å². The highest BCUT2D eigenvalue weighted by molar-refractivity contribution is 5.99. The highest BCUT2D eigenvalue weighted by atomic mass is 16.2. The van der Waals surface area contributed by atoms with E-state index >= 15 is 0 Å². The zero-order valence-electron chi connectivity index (χ0n) is 10.0. The van der Waals surface area contributed by atoms with Gasteiger partial charge in [0.1, 0.15) is 0 Å². The Labute approximate surface area is 101 Å². The van der Waals surface area contributed by atoms with Crippen molar-refractivity contribution in [2.75, 3.05) is 43.0 Å². The molecule has 1 saturated heterocycles. The number of amides is 1. The first-order valence-corrected chi connectivity index (χ1v) is 6.09. The quantitative estimate of drug-likeness (QED) is 0.772. The average molecular weight is 231 g/mol. The molecule has 90 valence electrons. The molecule has 2 aliphatic heterocycles. The molecule has 0 saturated carbocycles. The van der Waals surface area contributed by atoms with Crippen LogP contribution in [0.25, 0.3) is 0 Å². The normalized spacial score (nSPS) is 19.8. The minimum Gasteiger partial charge on any atom is -0.371 e. The fourth-order valence-electron chi connectivity index (χ4n) is 2.42. The highest BCUT2D eigenvalue weighted by Crippen LogP contribution is 2.32. The van der Waals surface area contributed by atoms with E-state index in [1.54, 1.807) is 0 Å². The monoisotopic (exact) mass is 231 g/mol. The number of hydrogen-bond donors (Lipinski definition) is 1. The van der Waals surface area contributed by atoms with Gasteiger partial charge in [-0.15, -0.1) is 0 Å². The molecular weight excluding hydrogens is 214 g/mol. The third kappa shape index (κ3) is 1.69. The number of carbonyl (C=O) groups is 1. The van der Waals surface area contributed by atoms with E-state index < -0.39 is 0 Å². The predicted molar refractivity (Wildman–Crippen MR) is 68.4 cm³/mol. The molecule has 3 rings (SSSR count). The molecule has 0 aromatic heterocycles. The number of para-hydroxylation sites is 2. The molecule has 2 heterocycles. The fourth-order valence-corrected chi connectivity index (χ4v) is 2.42. The van der Waals surface area contributed by atoms with Gasteiger partial charge in [-0.1, -0.05) is 12.1 Å². The summed E-state index contributed by atoms with van der Waals surface area (Å²) in [5, 5.41) is 3.16. The Bertz CT molecular complexity index is 442. The minimum atomic E-state index is 0.173. The molecule has 4 heteroatoms. The molecule has 1 aromatic carbocycles. The smallest absolute Gasteiger partial charge is 0.232 e. The Morgan fingerprint density at radius 2 is 1.94 bits per heavy atom. The van der Waals surface area contributed by atoms with Gasteiger partial charge >= 0.3 is 0 Å². The Kier molecular flexibility index (Phi) is 2.52. The van der Waals surface area contributed by atoms with Crippen LogP contribution in [0.15, 0.2) is 24.3 Å². The molecule has 0 aliphatic carbocycles. The molecule has 1 fully saturated rings. The van der Waals surface area contributed by atoms with E-state index in [0.717, 1.165) is 37.6 Å². The predicted octanol–water partition coefficient (Wildman–Crippen LogP) is 0.689. The second kappa shape index (κ2) is 4.04. The second-order valence-electron chi connectivity index (χ2n) is 4.76. The van der Waals surface area contributed by atoms with Crippen LogP contribution in [0.2, 0.25) is 0 Å². The zero-order valence-corrected chi connectivity index (χ0v) is 10.0. The third-order valence-corrected chi connectivity index (χ3v) is 3.64. The lowest BCUT2D eigenvalue weighted by Crippen LogP contribution is -2.54. The van der Waals surface area contributed by atoms with E-state index in [4.69, 9.17) is 0 Å². The van der Waals surface area contributed by atoms with Crippen molar-refractivity contribution >= 4 is 17.3 Å². The van der Waals surface area contributed by atoms with Gasteiger partial charge in [0.2, 0.25) is 5.91 Å². The van der Waals surface area contributed by atoms with Crippen molar-refractivity contribution in [2.24, 2.45) is 5.92 Å². The number of anilines is 2. The summed E-state index contributed by atoms with van der Waals surface area (Å²) in [6, 6.07) is 8.13. The van der Waals surface area contributed by atoms with Crippen LogP contribution in [0.1, 0.15) is 0 Å². The largest absolute Gasteiger partial charge is 0.371 e. The molecule has 0 atom stereocenters. The van der Waals surface area contributed by atoms with Crippen molar-refractivity contribution in [3.8, 4) is 0 Å². The number of benzene rings is 1.